The molecule has 1 aliphatic carbocycles. The van der Waals surface area contributed by atoms with Crippen molar-refractivity contribution >= 4 is 34.8 Å². The van der Waals surface area contributed by atoms with Crippen LogP contribution in [-0.2, 0) is 11.2 Å². The molecule has 1 unspecified atom stereocenters. The molecule has 1 aliphatic heterocycles. The number of nitrogens with one attached hydrogen (secondary N) is 1. The van der Waals surface area contributed by atoms with Crippen molar-refractivity contribution < 1.29 is 13.9 Å². The molecule has 4 nitrogen and oxygen atoms in total. The van der Waals surface area contributed by atoms with Crippen LogP contribution in [-0.4, -0.2) is 37.6 Å². The van der Waals surface area contributed by atoms with E-state index >= 15 is 0 Å². The first-order valence-corrected chi connectivity index (χ1v) is 11.9. The molecular formula is C28H26ClFN2O2. The number of fused-ring (bicyclic) bond motifs is 1. The molecular weight excluding hydrogens is 451 g/mol. The second-order valence-corrected chi connectivity index (χ2v) is 9.22. The van der Waals surface area contributed by atoms with E-state index in [1.165, 1.54) is 17.7 Å². The van der Waals surface area contributed by atoms with Gasteiger partial charge in [-0.05, 0) is 89.1 Å². The van der Waals surface area contributed by atoms with Crippen LogP contribution in [0.3, 0.4) is 0 Å². The van der Waals surface area contributed by atoms with Crippen molar-refractivity contribution in [1.82, 2.24) is 4.90 Å². The van der Waals surface area contributed by atoms with Crippen LogP contribution in [0.1, 0.15) is 35.1 Å². The number of hydrogen-bond donors (Lipinski definition) is 1. The number of ether oxygens (including phenoxy) is 1. The van der Waals surface area contributed by atoms with Crippen molar-refractivity contribution in [3.05, 3.63) is 93.8 Å². The van der Waals surface area contributed by atoms with Crippen molar-refractivity contribution in [2.45, 2.75) is 25.3 Å². The highest BCUT2D eigenvalue weighted by molar-refractivity contribution is 6.32. The highest BCUT2D eigenvalue weighted by Crippen LogP contribution is 2.43. The number of methoxy groups -OCH3 is 1. The van der Waals surface area contributed by atoms with Crippen LogP contribution >= 0.6 is 11.6 Å². The van der Waals surface area contributed by atoms with Gasteiger partial charge >= 0.3 is 0 Å². The summed E-state index contributed by atoms with van der Waals surface area (Å²) >= 11 is 6.51. The largest absolute Gasteiger partial charge is 0.497 e. The Morgan fingerprint density at radius 3 is 2.59 bits per heavy atom. The minimum Gasteiger partial charge on any atom is -0.497 e. The number of anilines is 1. The molecule has 1 amide bonds. The Kier molecular flexibility index (Phi) is 6.29. The molecule has 0 saturated carbocycles. The highest BCUT2D eigenvalue weighted by atomic mass is 35.5. The zero-order valence-corrected chi connectivity index (χ0v) is 19.7. The van der Waals surface area contributed by atoms with Gasteiger partial charge in [-0.1, -0.05) is 35.9 Å². The molecule has 1 N–H and O–H groups in total. The summed E-state index contributed by atoms with van der Waals surface area (Å²) in [4.78, 5) is 12.8. The number of nitrogens with zero attached hydrogens (tertiary/aromatic N) is 1. The summed E-state index contributed by atoms with van der Waals surface area (Å²) in [6.07, 6.45) is 3.53. The van der Waals surface area contributed by atoms with E-state index in [1.807, 2.05) is 6.07 Å². The number of benzene rings is 3. The molecule has 174 valence electrons. The van der Waals surface area contributed by atoms with E-state index in [9.17, 15) is 9.18 Å². The standard InChI is InChI=1S/C28H26ClFN2O2/c1-34-23-9-4-18-5-10-25(24-11-6-20(30)14-27(24)29)28(26(18)15-23)19-2-7-21(8-3-19)31-22-12-13-32(16-22)17-33/h2-4,6-9,11,14-15,17,22,31H,5,10,12-13,16H2,1H3. The number of likely N-dealkylation sites (tertiary alicyclic amines) is 1. The summed E-state index contributed by atoms with van der Waals surface area (Å²) in [7, 11) is 1.67. The van der Waals surface area contributed by atoms with E-state index < -0.39 is 0 Å². The van der Waals surface area contributed by atoms with Crippen molar-refractivity contribution in [1.29, 1.82) is 0 Å². The average molecular weight is 477 g/mol. The van der Waals surface area contributed by atoms with Gasteiger partial charge in [-0.3, -0.25) is 4.79 Å². The van der Waals surface area contributed by atoms with Crippen LogP contribution in [0.4, 0.5) is 10.1 Å². The third-order valence-electron chi connectivity index (χ3n) is 6.70. The summed E-state index contributed by atoms with van der Waals surface area (Å²) in [5, 5.41) is 3.95. The monoisotopic (exact) mass is 476 g/mol. The maximum atomic E-state index is 13.8. The maximum absolute atomic E-state index is 13.8. The minimum atomic E-state index is -0.343. The zero-order chi connectivity index (χ0) is 23.7. The number of allylic oxidation sites excluding steroid dienone is 1. The molecule has 0 bridgehead atoms. The number of carbonyl (C=O) groups is 1. The number of rotatable bonds is 6. The molecule has 1 fully saturated rings. The van der Waals surface area contributed by atoms with Crippen LogP contribution in [0.5, 0.6) is 5.75 Å². The first-order chi connectivity index (χ1) is 16.6. The van der Waals surface area contributed by atoms with E-state index in [4.69, 9.17) is 16.3 Å². The molecule has 2 aliphatic rings. The second kappa shape index (κ2) is 9.51. The Hall–Kier alpha value is -3.31. The molecule has 5 rings (SSSR count). The Bertz CT molecular complexity index is 1260. The average Bonchev–Trinajstić information content (AvgIpc) is 3.31. The van der Waals surface area contributed by atoms with Gasteiger partial charge in [0.1, 0.15) is 11.6 Å². The minimum absolute atomic E-state index is 0.253. The fourth-order valence-corrected chi connectivity index (χ4v) is 5.26. The molecule has 1 atom stereocenters. The SMILES string of the molecule is COc1ccc2c(c1)C(c1ccc(NC3CCN(C=O)C3)cc1)=C(c1ccc(F)cc1Cl)CC2. The number of halogens is 2. The number of amides is 1. The van der Waals surface area contributed by atoms with Gasteiger partial charge in [-0.2, -0.15) is 0 Å². The zero-order valence-electron chi connectivity index (χ0n) is 19.0. The lowest BCUT2D eigenvalue weighted by Gasteiger charge is -2.26. The summed E-state index contributed by atoms with van der Waals surface area (Å²) in [5.74, 6) is 0.450. The summed E-state index contributed by atoms with van der Waals surface area (Å²) in [6.45, 7) is 1.50. The van der Waals surface area contributed by atoms with Crippen molar-refractivity contribution in [2.24, 2.45) is 0 Å². The maximum Gasteiger partial charge on any atom is 0.209 e. The van der Waals surface area contributed by atoms with Crippen molar-refractivity contribution in [3.63, 3.8) is 0 Å². The summed E-state index contributed by atoms with van der Waals surface area (Å²) in [5.41, 5.74) is 7.49. The van der Waals surface area contributed by atoms with Crippen LogP contribution in [0.2, 0.25) is 5.02 Å². The predicted molar refractivity (Wildman–Crippen MR) is 135 cm³/mol. The smallest absolute Gasteiger partial charge is 0.209 e. The van der Waals surface area contributed by atoms with Gasteiger partial charge in [-0.15, -0.1) is 0 Å². The van der Waals surface area contributed by atoms with Crippen LogP contribution in [0.15, 0.2) is 60.7 Å². The first-order valence-electron chi connectivity index (χ1n) is 11.5. The summed E-state index contributed by atoms with van der Waals surface area (Å²) in [6, 6.07) is 19.4. The lowest BCUT2D eigenvalue weighted by atomic mass is 9.79. The van der Waals surface area contributed by atoms with E-state index in [2.05, 4.69) is 41.7 Å². The molecule has 3 aromatic rings. The van der Waals surface area contributed by atoms with E-state index in [-0.39, 0.29) is 11.9 Å². The lowest BCUT2D eigenvalue weighted by molar-refractivity contribution is -0.117. The molecule has 6 heteroatoms. The van der Waals surface area contributed by atoms with Crippen LogP contribution < -0.4 is 10.1 Å². The van der Waals surface area contributed by atoms with Gasteiger partial charge in [0, 0.05) is 24.8 Å². The highest BCUT2D eigenvalue weighted by Gasteiger charge is 2.24. The van der Waals surface area contributed by atoms with Crippen molar-refractivity contribution in [3.8, 4) is 5.75 Å². The Balaban J connectivity index is 1.56. The van der Waals surface area contributed by atoms with E-state index in [1.54, 1.807) is 18.1 Å². The third kappa shape index (κ3) is 4.40. The predicted octanol–water partition coefficient (Wildman–Crippen LogP) is 6.04. The fraction of sp³-hybridized carbons (Fsp3) is 0.250. The molecule has 1 saturated heterocycles. The molecule has 34 heavy (non-hydrogen) atoms. The van der Waals surface area contributed by atoms with Gasteiger partial charge in [0.05, 0.1) is 12.1 Å². The first kappa shape index (κ1) is 22.5. The van der Waals surface area contributed by atoms with Crippen LogP contribution in [0, 0.1) is 5.82 Å². The Morgan fingerprint density at radius 1 is 1.06 bits per heavy atom. The van der Waals surface area contributed by atoms with Crippen molar-refractivity contribution in [2.75, 3.05) is 25.5 Å². The van der Waals surface area contributed by atoms with Gasteiger partial charge in [0.25, 0.3) is 0 Å². The van der Waals surface area contributed by atoms with E-state index in [0.29, 0.717) is 5.02 Å². The quantitative estimate of drug-likeness (QED) is 0.441. The molecule has 0 spiro atoms. The third-order valence-corrected chi connectivity index (χ3v) is 7.01. The second-order valence-electron chi connectivity index (χ2n) is 8.81. The number of hydrogen-bond acceptors (Lipinski definition) is 3. The van der Waals surface area contributed by atoms with Gasteiger partial charge < -0.3 is 15.0 Å². The molecule has 1 heterocycles. The van der Waals surface area contributed by atoms with Crippen LogP contribution in [0.25, 0.3) is 11.1 Å². The normalized spacial score (nSPS) is 17.5. The Labute approximate surface area is 204 Å². The molecule has 0 aromatic heterocycles. The van der Waals surface area contributed by atoms with Gasteiger partial charge in [0.2, 0.25) is 6.41 Å². The molecule has 3 aromatic carbocycles. The number of carbonyl (C=O) groups excluding carboxylic acids is 1. The summed E-state index contributed by atoms with van der Waals surface area (Å²) < 4.78 is 19.3. The fourth-order valence-electron chi connectivity index (χ4n) is 4.98. The molecule has 0 radical (unpaired) electrons. The number of aryl methyl sites for hydroxylation is 1. The van der Waals surface area contributed by atoms with E-state index in [0.717, 1.165) is 78.0 Å². The Morgan fingerprint density at radius 2 is 1.88 bits per heavy atom. The van der Waals surface area contributed by atoms with Gasteiger partial charge in [0.15, 0.2) is 0 Å². The van der Waals surface area contributed by atoms with Gasteiger partial charge in [-0.25, -0.2) is 4.39 Å². The lowest BCUT2D eigenvalue weighted by Crippen LogP contribution is -2.25. The topological polar surface area (TPSA) is 41.6 Å².